The number of pyridine rings is 1. The molecule has 0 spiro atoms. The molecule has 0 amide bonds. The van der Waals surface area contributed by atoms with Crippen LogP contribution in [0.25, 0.3) is 11.2 Å². The molecule has 2 saturated heterocycles. The largest absolute Gasteiger partial charge is 0.481 e. The number of phosphoric acid groups is 3. The monoisotopic (exact) mass is 760 g/mol. The molecule has 0 bridgehead atoms. The van der Waals surface area contributed by atoms with Crippen molar-refractivity contribution in [1.29, 1.82) is 0 Å². The Balaban J connectivity index is 1.27. The number of ether oxygens (including phenoxy) is 2. The molecule has 11 N–H and O–H groups in total. The van der Waals surface area contributed by atoms with E-state index < -0.39 is 85.8 Å². The summed E-state index contributed by atoms with van der Waals surface area (Å²) < 4.78 is 69.4. The number of nitrogens with two attached hydrogens (primary N) is 2. The number of imidazole rings is 1. The topological polar surface area (TPSA) is 348 Å². The van der Waals surface area contributed by atoms with E-state index in [1.54, 1.807) is 6.07 Å². The Morgan fingerprint density at radius 3 is 2.42 bits per heavy atom. The molecule has 48 heavy (non-hydrogen) atoms. The zero-order valence-corrected chi connectivity index (χ0v) is 27.4. The smallest absolute Gasteiger partial charge is 0.394 e. The average molecular weight is 760 g/mol. The molecule has 27 heteroatoms. The van der Waals surface area contributed by atoms with Crippen molar-refractivity contribution >= 4 is 57.7 Å². The van der Waals surface area contributed by atoms with Gasteiger partial charge in [0, 0.05) is 6.07 Å². The van der Waals surface area contributed by atoms with E-state index >= 15 is 0 Å². The second-order valence-electron chi connectivity index (χ2n) is 10.2. The minimum Gasteiger partial charge on any atom is -0.394 e. The van der Waals surface area contributed by atoms with Gasteiger partial charge in [-0.2, -0.15) is 8.88 Å². The summed E-state index contributed by atoms with van der Waals surface area (Å²) in [7, 11) is -16.5. The molecule has 0 saturated carbocycles. The van der Waals surface area contributed by atoms with Gasteiger partial charge in [0.05, 0.1) is 25.1 Å². The highest BCUT2D eigenvalue weighted by Crippen LogP contribution is 2.62. The number of hydrogen-bond acceptors (Lipinski definition) is 17. The molecule has 3 aromatic heterocycles. The Hall–Kier alpha value is -2.44. The Kier molecular flexibility index (Phi) is 10.8. The van der Waals surface area contributed by atoms with Gasteiger partial charge in [-0.05, 0) is 6.07 Å². The predicted octanol–water partition coefficient (Wildman–Crippen LogP) is -2.36. The van der Waals surface area contributed by atoms with Crippen molar-refractivity contribution in [1.82, 2.24) is 19.5 Å². The van der Waals surface area contributed by atoms with Gasteiger partial charge in [0.1, 0.15) is 47.4 Å². The van der Waals surface area contributed by atoms with Crippen LogP contribution < -0.4 is 16.0 Å². The molecule has 2 unspecified atom stereocenters. The number of thiocarbonyl (C=S) groups is 1. The van der Waals surface area contributed by atoms with Crippen LogP contribution in [0.2, 0.25) is 0 Å². The van der Waals surface area contributed by atoms with E-state index in [-0.39, 0.29) is 22.0 Å². The van der Waals surface area contributed by atoms with Crippen molar-refractivity contribution in [2.45, 2.75) is 49.1 Å². The van der Waals surface area contributed by atoms with Gasteiger partial charge in [-0.15, -0.1) is 0 Å². The van der Waals surface area contributed by atoms with Crippen LogP contribution in [0.3, 0.4) is 0 Å². The van der Waals surface area contributed by atoms with E-state index in [1.807, 2.05) is 0 Å². The lowest BCUT2D eigenvalue weighted by molar-refractivity contribution is -0.765. The van der Waals surface area contributed by atoms with Crippen LogP contribution in [-0.4, -0.2) is 109 Å². The maximum absolute atomic E-state index is 12.8. The Labute approximate surface area is 274 Å². The first kappa shape index (κ1) is 36.8. The van der Waals surface area contributed by atoms with Gasteiger partial charge >= 0.3 is 23.5 Å². The van der Waals surface area contributed by atoms with E-state index in [0.29, 0.717) is 5.56 Å². The first-order valence-electron chi connectivity index (χ1n) is 13.3. The fourth-order valence-corrected chi connectivity index (χ4v) is 7.90. The molecule has 2 aliphatic heterocycles. The highest BCUT2D eigenvalue weighted by molar-refractivity contribution is 7.80. The first-order valence-corrected chi connectivity index (χ1v) is 18.3. The number of rotatable bonds is 13. The van der Waals surface area contributed by atoms with Crippen LogP contribution >= 0.6 is 35.7 Å². The number of aliphatic hydroxyl groups excluding tert-OH is 3. The predicted molar refractivity (Wildman–Crippen MR) is 158 cm³/mol. The SMILES string of the molecule is NC(=S)c1ccc[n+]([C@@H]2O[C@H](CO)[C@@H](OP(=O)(O)OP(=O)(O)OC[C@H]3O[C@@H](n4cnc5c(N)ncnc54)[C@H](OP(=O)(O)O)[C@@H]3O)[C@H]2O)c1. The standard InChI is InChI=1S/C21H28N7O16P3S/c22-17-12-19(25-7-24-17)28(8-26-12)21-16(42-45(32,33)34)13(30)11(41-21)6-39-46(35,36)44-47(37,38)43-15-10(5-29)40-20(14(15)31)27-3-1-2-9(4-27)18(23)48/h1-4,7-8,10-11,13-16,20-21,29-31H,5-6H2,(H7-,22,23,24,25,32,33,34,35,36,37,38,48)/p+1/t10-,11-,13-,14-,15-,16-,20-,21-/m1/s1. The minimum absolute atomic E-state index is 0.00515. The molecular formula is C21H29N7O16P3S+. The summed E-state index contributed by atoms with van der Waals surface area (Å²) in [5.41, 5.74) is 11.8. The van der Waals surface area contributed by atoms with Crippen LogP contribution in [0.5, 0.6) is 0 Å². The molecule has 10 atom stereocenters. The number of phosphoric ester groups is 3. The molecule has 0 aliphatic carbocycles. The number of nitrogen functional groups attached to an aromatic ring is 1. The van der Waals surface area contributed by atoms with Crippen LogP contribution in [0.4, 0.5) is 5.82 Å². The third-order valence-electron chi connectivity index (χ3n) is 6.99. The van der Waals surface area contributed by atoms with Crippen molar-refractivity contribution in [2.75, 3.05) is 18.9 Å². The summed E-state index contributed by atoms with van der Waals surface area (Å²) in [6.45, 7) is -1.91. The van der Waals surface area contributed by atoms with Gasteiger partial charge in [0.25, 0.3) is 6.23 Å². The summed E-state index contributed by atoms with van der Waals surface area (Å²) in [6, 6.07) is 3.08. The number of aromatic nitrogens is 5. The van der Waals surface area contributed by atoms with Crippen molar-refractivity contribution in [2.24, 2.45) is 5.73 Å². The zero-order valence-electron chi connectivity index (χ0n) is 23.9. The van der Waals surface area contributed by atoms with Crippen LogP contribution in [0.1, 0.15) is 18.0 Å². The third-order valence-corrected chi connectivity index (χ3v) is 10.4. The van der Waals surface area contributed by atoms with Crippen LogP contribution in [0, 0.1) is 0 Å². The third kappa shape index (κ3) is 8.12. The molecule has 5 rings (SSSR count). The summed E-state index contributed by atoms with van der Waals surface area (Å²) in [5, 5.41) is 31.4. The van der Waals surface area contributed by atoms with E-state index in [4.69, 9.17) is 46.7 Å². The summed E-state index contributed by atoms with van der Waals surface area (Å²) in [6.07, 6.45) is -8.31. The van der Waals surface area contributed by atoms with Crippen LogP contribution in [-0.2, 0) is 41.1 Å². The summed E-state index contributed by atoms with van der Waals surface area (Å²) in [5.74, 6) is -0.0552. The highest BCUT2D eigenvalue weighted by Gasteiger charge is 2.54. The molecule has 2 aliphatic rings. The normalized spacial score (nSPS) is 30.3. The van der Waals surface area contributed by atoms with Gasteiger partial charge in [-0.1, -0.05) is 12.2 Å². The highest BCUT2D eigenvalue weighted by atomic mass is 32.1. The first-order chi connectivity index (χ1) is 22.4. The average Bonchev–Trinajstić information content (AvgIpc) is 3.65. The second-order valence-corrected chi connectivity index (χ2v) is 14.9. The molecule has 0 radical (unpaired) electrons. The molecule has 2 fully saturated rings. The van der Waals surface area contributed by atoms with Gasteiger partial charge in [-0.3, -0.25) is 18.1 Å². The number of anilines is 1. The summed E-state index contributed by atoms with van der Waals surface area (Å²) in [4.78, 5) is 51.1. The number of hydrogen-bond donors (Lipinski definition) is 9. The molecule has 3 aromatic rings. The molecule has 23 nitrogen and oxygen atoms in total. The van der Waals surface area contributed by atoms with Gasteiger partial charge in [0.2, 0.25) is 0 Å². The summed E-state index contributed by atoms with van der Waals surface area (Å²) >= 11 is 4.93. The molecule has 0 aromatic carbocycles. The van der Waals surface area contributed by atoms with Crippen molar-refractivity contribution in [3.8, 4) is 0 Å². The fraction of sp³-hybridized carbons (Fsp3) is 0.476. The Morgan fingerprint density at radius 2 is 1.75 bits per heavy atom. The van der Waals surface area contributed by atoms with Crippen molar-refractivity contribution in [3.05, 3.63) is 42.7 Å². The van der Waals surface area contributed by atoms with Crippen LogP contribution in [0.15, 0.2) is 37.2 Å². The maximum Gasteiger partial charge on any atom is 0.481 e. The van der Waals surface area contributed by atoms with Gasteiger partial charge in [0.15, 0.2) is 36.2 Å². The second kappa shape index (κ2) is 14.1. The molecule has 5 heterocycles. The molecular weight excluding hydrogens is 731 g/mol. The number of fused-ring (bicyclic) bond motifs is 1. The van der Waals surface area contributed by atoms with E-state index in [2.05, 4.69) is 19.3 Å². The van der Waals surface area contributed by atoms with Gasteiger partial charge < -0.3 is 55.8 Å². The van der Waals surface area contributed by atoms with E-state index in [1.165, 1.54) is 23.0 Å². The Morgan fingerprint density at radius 1 is 1.02 bits per heavy atom. The van der Waals surface area contributed by atoms with Crippen molar-refractivity contribution in [3.63, 3.8) is 0 Å². The Bertz CT molecular complexity index is 1820. The van der Waals surface area contributed by atoms with Gasteiger partial charge in [-0.25, -0.2) is 28.6 Å². The van der Waals surface area contributed by atoms with Crippen molar-refractivity contribution < 1.29 is 80.5 Å². The number of aliphatic hydroxyl groups is 3. The lowest BCUT2D eigenvalue weighted by atomic mass is 10.1. The zero-order chi connectivity index (χ0) is 35.2. The quantitative estimate of drug-likeness (QED) is 0.0499. The van der Waals surface area contributed by atoms with E-state index in [9.17, 15) is 48.6 Å². The maximum atomic E-state index is 12.8. The molecule has 264 valence electrons. The minimum atomic E-state index is -5.60. The lowest BCUT2D eigenvalue weighted by Crippen LogP contribution is -2.46. The number of nitrogens with zero attached hydrogens (tertiary/aromatic N) is 5. The van der Waals surface area contributed by atoms with E-state index in [0.717, 1.165) is 17.2 Å². The lowest BCUT2D eigenvalue weighted by Gasteiger charge is -2.23. The fourth-order valence-electron chi connectivity index (χ4n) is 4.94.